The lowest BCUT2D eigenvalue weighted by atomic mass is 10.2. The van der Waals surface area contributed by atoms with Gasteiger partial charge < -0.3 is 20.1 Å². The van der Waals surface area contributed by atoms with Crippen LogP contribution in [-0.2, 0) is 4.74 Å². The molecule has 0 fully saturated rings. The predicted molar refractivity (Wildman–Crippen MR) is 112 cm³/mol. The first-order chi connectivity index (χ1) is 13.5. The van der Waals surface area contributed by atoms with Gasteiger partial charge in [0.15, 0.2) is 5.11 Å². The van der Waals surface area contributed by atoms with Crippen molar-refractivity contribution >= 4 is 34.8 Å². The molecule has 2 rings (SSSR count). The second kappa shape index (κ2) is 11.0. The number of nitrogens with one attached hydrogen (secondary N) is 3. The van der Waals surface area contributed by atoms with E-state index in [-0.39, 0.29) is 16.9 Å². The monoisotopic (exact) mass is 401 g/mol. The second-order valence-electron chi connectivity index (χ2n) is 5.71. The first-order valence-corrected chi connectivity index (χ1v) is 9.16. The zero-order valence-electron chi connectivity index (χ0n) is 15.8. The normalized spacial score (nSPS) is 10.1. The van der Waals surface area contributed by atoms with Crippen LogP contribution in [0.2, 0.25) is 0 Å². The lowest BCUT2D eigenvalue weighted by Crippen LogP contribution is -2.34. The van der Waals surface area contributed by atoms with Crippen LogP contribution in [0.3, 0.4) is 0 Å². The van der Waals surface area contributed by atoms with Crippen LogP contribution in [0.25, 0.3) is 0 Å². The van der Waals surface area contributed by atoms with E-state index in [1.54, 1.807) is 55.6 Å². The van der Waals surface area contributed by atoms with Crippen molar-refractivity contribution < 1.29 is 19.1 Å². The Morgan fingerprint density at radius 1 is 1.00 bits per heavy atom. The topological polar surface area (TPSA) is 88.7 Å². The van der Waals surface area contributed by atoms with Crippen LogP contribution in [0.1, 0.15) is 27.6 Å². The predicted octanol–water partition coefficient (Wildman–Crippen LogP) is 2.59. The van der Waals surface area contributed by atoms with Crippen LogP contribution < -0.4 is 20.7 Å². The maximum absolute atomic E-state index is 12.3. The van der Waals surface area contributed by atoms with Crippen molar-refractivity contribution in [2.75, 3.05) is 32.2 Å². The van der Waals surface area contributed by atoms with Gasteiger partial charge in [0.1, 0.15) is 12.4 Å². The lowest BCUT2D eigenvalue weighted by Gasteiger charge is -2.11. The Kier molecular flexibility index (Phi) is 8.38. The molecule has 3 N–H and O–H groups in total. The van der Waals surface area contributed by atoms with Crippen LogP contribution in [0, 0.1) is 0 Å². The number of amides is 2. The highest BCUT2D eigenvalue weighted by atomic mass is 32.1. The first-order valence-electron chi connectivity index (χ1n) is 8.76. The smallest absolute Gasteiger partial charge is 0.257 e. The Bertz CT molecular complexity index is 824. The summed E-state index contributed by atoms with van der Waals surface area (Å²) in [5.41, 5.74) is 1.56. The number of methoxy groups -OCH3 is 1. The summed E-state index contributed by atoms with van der Waals surface area (Å²) in [7, 11) is 1.60. The van der Waals surface area contributed by atoms with E-state index >= 15 is 0 Å². The summed E-state index contributed by atoms with van der Waals surface area (Å²) >= 11 is 5.19. The molecule has 28 heavy (non-hydrogen) atoms. The number of carbonyl (C=O) groups is 2. The fraction of sp³-hybridized carbons (Fsp3) is 0.250. The molecule has 8 heteroatoms. The van der Waals surface area contributed by atoms with Crippen LogP contribution in [0.5, 0.6) is 5.75 Å². The molecule has 0 unspecified atom stereocenters. The Morgan fingerprint density at radius 3 is 2.43 bits per heavy atom. The molecule has 2 amide bonds. The summed E-state index contributed by atoms with van der Waals surface area (Å²) in [6.45, 7) is 3.32. The summed E-state index contributed by atoms with van der Waals surface area (Å²) in [4.78, 5) is 24.2. The molecular weight excluding hydrogens is 378 g/mol. The molecule has 0 aliphatic carbocycles. The maximum atomic E-state index is 12.3. The van der Waals surface area contributed by atoms with E-state index in [2.05, 4.69) is 16.0 Å². The highest BCUT2D eigenvalue weighted by molar-refractivity contribution is 7.80. The third-order valence-corrected chi connectivity index (χ3v) is 3.82. The van der Waals surface area contributed by atoms with Crippen molar-refractivity contribution in [2.24, 2.45) is 0 Å². The van der Waals surface area contributed by atoms with E-state index in [4.69, 9.17) is 21.7 Å². The van der Waals surface area contributed by atoms with E-state index in [1.165, 1.54) is 0 Å². The molecule has 0 aliphatic rings. The van der Waals surface area contributed by atoms with Gasteiger partial charge in [-0.05, 0) is 61.6 Å². The third-order valence-electron chi connectivity index (χ3n) is 3.62. The largest absolute Gasteiger partial charge is 0.491 e. The van der Waals surface area contributed by atoms with Gasteiger partial charge in [-0.15, -0.1) is 0 Å². The molecule has 0 saturated heterocycles. The average Bonchev–Trinajstić information content (AvgIpc) is 2.69. The van der Waals surface area contributed by atoms with Gasteiger partial charge in [0.05, 0.1) is 6.61 Å². The zero-order valence-corrected chi connectivity index (χ0v) is 16.6. The SMILES string of the molecule is CCNC(=O)c1cccc(NC(=S)NC(=O)c2ccc(OCCOC)cc2)c1. The molecule has 0 heterocycles. The molecule has 0 atom stereocenters. The summed E-state index contributed by atoms with van der Waals surface area (Å²) in [5.74, 6) is 0.131. The summed E-state index contributed by atoms with van der Waals surface area (Å²) < 4.78 is 10.4. The van der Waals surface area contributed by atoms with Crippen molar-refractivity contribution in [2.45, 2.75) is 6.92 Å². The molecule has 0 saturated carbocycles. The summed E-state index contributed by atoms with van der Waals surface area (Å²) in [6.07, 6.45) is 0. The van der Waals surface area contributed by atoms with Crippen LogP contribution in [0.4, 0.5) is 5.69 Å². The standard InChI is InChI=1S/C20H23N3O4S/c1-3-21-18(24)15-5-4-6-16(13-15)22-20(28)23-19(25)14-7-9-17(10-8-14)27-12-11-26-2/h4-10,13H,3,11-12H2,1-2H3,(H,21,24)(H2,22,23,25,28). The van der Waals surface area contributed by atoms with Gasteiger partial charge in [0.2, 0.25) is 0 Å². The molecule has 148 valence electrons. The van der Waals surface area contributed by atoms with E-state index in [0.29, 0.717) is 42.3 Å². The van der Waals surface area contributed by atoms with Crippen molar-refractivity contribution in [3.8, 4) is 5.75 Å². The van der Waals surface area contributed by atoms with Gasteiger partial charge >= 0.3 is 0 Å². The second-order valence-corrected chi connectivity index (χ2v) is 6.12. The molecule has 2 aromatic rings. The van der Waals surface area contributed by atoms with Crippen molar-refractivity contribution in [3.05, 3.63) is 59.7 Å². The number of thiocarbonyl (C=S) groups is 1. The fourth-order valence-corrected chi connectivity index (χ4v) is 2.49. The quantitative estimate of drug-likeness (QED) is 0.465. The molecular formula is C20H23N3O4S. The fourth-order valence-electron chi connectivity index (χ4n) is 2.28. The van der Waals surface area contributed by atoms with Gasteiger partial charge in [0.25, 0.3) is 11.8 Å². The highest BCUT2D eigenvalue weighted by Gasteiger charge is 2.10. The highest BCUT2D eigenvalue weighted by Crippen LogP contribution is 2.13. The molecule has 0 aliphatic heterocycles. The summed E-state index contributed by atoms with van der Waals surface area (Å²) in [6, 6.07) is 13.6. The number of hydrogen-bond acceptors (Lipinski definition) is 5. The lowest BCUT2D eigenvalue weighted by molar-refractivity contribution is 0.0953. The minimum atomic E-state index is -0.346. The Labute approximate surface area is 169 Å². The van der Waals surface area contributed by atoms with E-state index in [1.807, 2.05) is 6.92 Å². The van der Waals surface area contributed by atoms with Gasteiger partial charge in [-0.3, -0.25) is 14.9 Å². The number of carbonyl (C=O) groups excluding carboxylic acids is 2. The summed E-state index contributed by atoms with van der Waals surface area (Å²) in [5, 5.41) is 8.38. The van der Waals surface area contributed by atoms with Crippen molar-refractivity contribution in [1.29, 1.82) is 0 Å². The number of rotatable bonds is 8. The number of benzene rings is 2. The maximum Gasteiger partial charge on any atom is 0.257 e. The third kappa shape index (κ3) is 6.64. The molecule has 0 bridgehead atoms. The first kappa shape index (κ1) is 21.3. The molecule has 2 aromatic carbocycles. The zero-order chi connectivity index (χ0) is 20.4. The minimum absolute atomic E-state index is 0.137. The number of ether oxygens (including phenoxy) is 2. The van der Waals surface area contributed by atoms with Gasteiger partial charge in [-0.1, -0.05) is 6.07 Å². The molecule has 0 aromatic heterocycles. The Morgan fingerprint density at radius 2 is 1.75 bits per heavy atom. The Balaban J connectivity index is 1.91. The van der Waals surface area contributed by atoms with Crippen LogP contribution >= 0.6 is 12.2 Å². The average molecular weight is 401 g/mol. The van der Waals surface area contributed by atoms with Crippen molar-refractivity contribution in [1.82, 2.24) is 10.6 Å². The molecule has 7 nitrogen and oxygen atoms in total. The van der Waals surface area contributed by atoms with Crippen molar-refractivity contribution in [3.63, 3.8) is 0 Å². The number of hydrogen-bond donors (Lipinski definition) is 3. The minimum Gasteiger partial charge on any atom is -0.491 e. The van der Waals surface area contributed by atoms with E-state index in [9.17, 15) is 9.59 Å². The van der Waals surface area contributed by atoms with E-state index in [0.717, 1.165) is 0 Å². The van der Waals surface area contributed by atoms with Crippen LogP contribution in [-0.4, -0.2) is 43.8 Å². The van der Waals surface area contributed by atoms with Gasteiger partial charge in [-0.2, -0.15) is 0 Å². The number of anilines is 1. The Hall–Kier alpha value is -2.97. The van der Waals surface area contributed by atoms with Gasteiger partial charge in [-0.25, -0.2) is 0 Å². The molecule has 0 radical (unpaired) electrons. The van der Waals surface area contributed by atoms with Gasteiger partial charge in [0, 0.05) is 30.5 Å². The molecule has 0 spiro atoms. The van der Waals surface area contributed by atoms with Crippen LogP contribution in [0.15, 0.2) is 48.5 Å². The van der Waals surface area contributed by atoms with E-state index < -0.39 is 0 Å².